The van der Waals surface area contributed by atoms with Crippen LogP contribution < -0.4 is 10.2 Å². The molecule has 156 valence electrons. The monoisotopic (exact) mass is 420 g/mol. The van der Waals surface area contributed by atoms with Crippen molar-refractivity contribution in [1.29, 1.82) is 0 Å². The number of hydrogen-bond donors (Lipinski definition) is 2. The Bertz CT molecular complexity index is 897. The standard InChI is InChI=1S/C21H26FN3O3S/c22-19-8-10-20(11-9-19)29(27,28)25-15-13-24(14-16-25)17-21(26)23-12-4-7-18-5-2-1-3-6-18/h1-3,5-6,8-11H,4,7,12-17H2,(H,23,26)/p+1. The van der Waals surface area contributed by atoms with Crippen molar-refractivity contribution >= 4 is 15.9 Å². The van der Waals surface area contributed by atoms with Crippen molar-refractivity contribution < 1.29 is 22.5 Å². The lowest BCUT2D eigenvalue weighted by Gasteiger charge is -2.31. The Balaban J connectivity index is 1.39. The minimum absolute atomic E-state index is 0.0112. The van der Waals surface area contributed by atoms with Gasteiger partial charge in [-0.15, -0.1) is 0 Å². The number of carbonyl (C=O) groups excluding carboxylic acids is 1. The topological polar surface area (TPSA) is 70.9 Å². The lowest BCUT2D eigenvalue weighted by molar-refractivity contribution is -0.895. The number of sulfonamides is 1. The summed E-state index contributed by atoms with van der Waals surface area (Å²) in [7, 11) is -3.62. The van der Waals surface area contributed by atoms with Crippen molar-refractivity contribution in [1.82, 2.24) is 9.62 Å². The molecule has 0 aromatic heterocycles. The molecule has 0 saturated carbocycles. The molecule has 0 aliphatic carbocycles. The summed E-state index contributed by atoms with van der Waals surface area (Å²) in [5.74, 6) is -0.476. The number of piperazine rings is 1. The van der Waals surface area contributed by atoms with Gasteiger partial charge in [-0.3, -0.25) is 4.79 Å². The fraction of sp³-hybridized carbons (Fsp3) is 0.381. The van der Waals surface area contributed by atoms with Gasteiger partial charge in [-0.1, -0.05) is 30.3 Å². The fourth-order valence-corrected chi connectivity index (χ4v) is 4.87. The van der Waals surface area contributed by atoms with Crippen molar-refractivity contribution in [2.24, 2.45) is 0 Å². The van der Waals surface area contributed by atoms with Crippen LogP contribution in [0, 0.1) is 5.82 Å². The van der Waals surface area contributed by atoms with E-state index in [4.69, 9.17) is 0 Å². The van der Waals surface area contributed by atoms with E-state index in [0.717, 1.165) is 29.9 Å². The van der Waals surface area contributed by atoms with Crippen molar-refractivity contribution in [3.63, 3.8) is 0 Å². The minimum Gasteiger partial charge on any atom is -0.351 e. The van der Waals surface area contributed by atoms with Crippen LogP contribution in [0.2, 0.25) is 0 Å². The predicted octanol–water partition coefficient (Wildman–Crippen LogP) is 0.464. The van der Waals surface area contributed by atoms with Gasteiger partial charge in [-0.25, -0.2) is 12.8 Å². The van der Waals surface area contributed by atoms with E-state index in [2.05, 4.69) is 17.4 Å². The van der Waals surface area contributed by atoms with Crippen LogP contribution in [0.1, 0.15) is 12.0 Å². The van der Waals surface area contributed by atoms with E-state index in [9.17, 15) is 17.6 Å². The lowest BCUT2D eigenvalue weighted by Crippen LogP contribution is -3.15. The predicted molar refractivity (Wildman–Crippen MR) is 108 cm³/mol. The van der Waals surface area contributed by atoms with Gasteiger partial charge in [0.1, 0.15) is 5.82 Å². The molecular weight excluding hydrogens is 393 g/mol. The number of rotatable bonds is 8. The molecule has 1 heterocycles. The van der Waals surface area contributed by atoms with Gasteiger partial charge in [-0.05, 0) is 42.7 Å². The van der Waals surface area contributed by atoms with E-state index in [1.807, 2.05) is 18.2 Å². The second kappa shape index (κ2) is 9.96. The molecule has 0 bridgehead atoms. The molecule has 1 amide bonds. The van der Waals surface area contributed by atoms with Crippen molar-refractivity contribution in [2.45, 2.75) is 17.7 Å². The molecule has 0 atom stereocenters. The highest BCUT2D eigenvalue weighted by Crippen LogP contribution is 2.15. The number of halogens is 1. The maximum Gasteiger partial charge on any atom is 0.275 e. The molecule has 1 aliphatic rings. The summed E-state index contributed by atoms with van der Waals surface area (Å²) >= 11 is 0. The van der Waals surface area contributed by atoms with E-state index >= 15 is 0 Å². The lowest BCUT2D eigenvalue weighted by atomic mass is 10.1. The number of hydrogen-bond acceptors (Lipinski definition) is 3. The van der Waals surface area contributed by atoms with Gasteiger partial charge in [0.2, 0.25) is 10.0 Å². The number of carbonyl (C=O) groups is 1. The maximum absolute atomic E-state index is 13.0. The van der Waals surface area contributed by atoms with Crippen molar-refractivity contribution in [2.75, 3.05) is 39.3 Å². The number of nitrogens with one attached hydrogen (secondary N) is 2. The van der Waals surface area contributed by atoms with Crippen LogP contribution in [-0.4, -0.2) is 57.9 Å². The molecule has 1 aliphatic heterocycles. The molecule has 6 nitrogen and oxygen atoms in total. The molecule has 0 radical (unpaired) electrons. The molecule has 3 rings (SSSR count). The Morgan fingerprint density at radius 2 is 1.69 bits per heavy atom. The molecule has 2 aromatic rings. The molecule has 0 unspecified atom stereocenters. The van der Waals surface area contributed by atoms with Crippen LogP contribution >= 0.6 is 0 Å². The van der Waals surface area contributed by atoms with Gasteiger partial charge < -0.3 is 10.2 Å². The summed E-state index contributed by atoms with van der Waals surface area (Å²) in [5, 5.41) is 2.95. The first-order valence-corrected chi connectivity index (χ1v) is 11.3. The zero-order chi connectivity index (χ0) is 20.7. The summed E-state index contributed by atoms with van der Waals surface area (Å²) in [5.41, 5.74) is 1.26. The van der Waals surface area contributed by atoms with Crippen LogP contribution in [0.15, 0.2) is 59.5 Å². The summed E-state index contributed by atoms with van der Waals surface area (Å²) in [6.07, 6.45) is 1.81. The average Bonchev–Trinajstić information content (AvgIpc) is 2.73. The summed E-state index contributed by atoms with van der Waals surface area (Å²) in [4.78, 5) is 13.3. The number of nitrogens with zero attached hydrogens (tertiary/aromatic N) is 1. The minimum atomic E-state index is -3.62. The average molecular weight is 421 g/mol. The summed E-state index contributed by atoms with van der Waals surface area (Å²) < 4.78 is 39.7. The zero-order valence-electron chi connectivity index (χ0n) is 16.3. The van der Waals surface area contributed by atoms with Crippen LogP contribution in [0.3, 0.4) is 0 Å². The fourth-order valence-electron chi connectivity index (χ4n) is 3.43. The van der Waals surface area contributed by atoms with Gasteiger partial charge in [0.15, 0.2) is 6.54 Å². The Labute approximate surface area is 171 Å². The van der Waals surface area contributed by atoms with Crippen LogP contribution in [0.4, 0.5) is 4.39 Å². The molecule has 2 N–H and O–H groups in total. The number of aryl methyl sites for hydroxylation is 1. The SMILES string of the molecule is O=C(C[NH+]1CCN(S(=O)(=O)c2ccc(F)cc2)CC1)NCCCc1ccccc1. The first kappa shape index (κ1) is 21.4. The Kier molecular flexibility index (Phi) is 7.35. The molecule has 29 heavy (non-hydrogen) atoms. The van der Waals surface area contributed by atoms with Crippen LogP contribution in [0.25, 0.3) is 0 Å². The van der Waals surface area contributed by atoms with E-state index in [-0.39, 0.29) is 10.8 Å². The van der Waals surface area contributed by atoms with Gasteiger partial charge >= 0.3 is 0 Å². The van der Waals surface area contributed by atoms with E-state index < -0.39 is 15.8 Å². The normalized spacial score (nSPS) is 15.9. The molecule has 1 saturated heterocycles. The largest absolute Gasteiger partial charge is 0.351 e. The molecule has 2 aromatic carbocycles. The third kappa shape index (κ3) is 6.09. The molecule has 1 fully saturated rings. The highest BCUT2D eigenvalue weighted by atomic mass is 32.2. The highest BCUT2D eigenvalue weighted by Gasteiger charge is 2.31. The van der Waals surface area contributed by atoms with Gasteiger partial charge in [0.05, 0.1) is 31.1 Å². The third-order valence-electron chi connectivity index (χ3n) is 5.10. The Morgan fingerprint density at radius 3 is 2.34 bits per heavy atom. The number of quaternary nitrogens is 1. The first-order chi connectivity index (χ1) is 13.9. The van der Waals surface area contributed by atoms with Crippen LogP contribution in [0.5, 0.6) is 0 Å². The Hall–Kier alpha value is -2.29. The summed E-state index contributed by atoms with van der Waals surface area (Å²) in [6, 6.07) is 15.0. The van der Waals surface area contributed by atoms with Crippen molar-refractivity contribution in [3.8, 4) is 0 Å². The van der Waals surface area contributed by atoms with Crippen LogP contribution in [-0.2, 0) is 21.2 Å². The quantitative estimate of drug-likeness (QED) is 0.610. The molecular formula is C21H27FN3O3S+. The van der Waals surface area contributed by atoms with Gasteiger partial charge in [-0.2, -0.15) is 4.31 Å². The molecule has 8 heteroatoms. The highest BCUT2D eigenvalue weighted by molar-refractivity contribution is 7.89. The maximum atomic E-state index is 13.0. The second-order valence-corrected chi connectivity index (χ2v) is 9.16. The molecule has 0 spiro atoms. The number of amides is 1. The Morgan fingerprint density at radius 1 is 1.03 bits per heavy atom. The van der Waals surface area contributed by atoms with E-state index in [1.54, 1.807) is 0 Å². The first-order valence-electron chi connectivity index (χ1n) is 9.85. The van der Waals surface area contributed by atoms with Gasteiger partial charge in [0.25, 0.3) is 5.91 Å². The second-order valence-electron chi connectivity index (χ2n) is 7.22. The van der Waals surface area contributed by atoms with Gasteiger partial charge in [0, 0.05) is 6.54 Å². The smallest absolute Gasteiger partial charge is 0.275 e. The van der Waals surface area contributed by atoms with Crippen molar-refractivity contribution in [3.05, 3.63) is 66.0 Å². The summed E-state index contributed by atoms with van der Waals surface area (Å²) in [6.45, 7) is 2.80. The number of benzene rings is 2. The van der Waals surface area contributed by atoms with E-state index in [1.165, 1.54) is 22.0 Å². The zero-order valence-corrected chi connectivity index (χ0v) is 17.1. The van der Waals surface area contributed by atoms with E-state index in [0.29, 0.717) is 39.3 Å². The third-order valence-corrected chi connectivity index (χ3v) is 7.01.